The van der Waals surface area contributed by atoms with Crippen LogP contribution in [0.3, 0.4) is 0 Å². The van der Waals surface area contributed by atoms with Crippen molar-refractivity contribution in [3.8, 4) is 17.3 Å². The van der Waals surface area contributed by atoms with Gasteiger partial charge in [-0.1, -0.05) is 37.3 Å². The molecule has 4 aromatic rings. The summed E-state index contributed by atoms with van der Waals surface area (Å²) in [5.74, 6) is -2.55. The number of para-hydroxylation sites is 1. The van der Waals surface area contributed by atoms with Gasteiger partial charge in [-0.25, -0.2) is 17.9 Å². The molecule has 1 amide bonds. The zero-order valence-corrected chi connectivity index (χ0v) is 19.6. The molecule has 184 valence electrons. The number of hydrogen-bond acceptors (Lipinski definition) is 3. The Bertz CT molecular complexity index is 1400. The van der Waals surface area contributed by atoms with Crippen LogP contribution in [0.15, 0.2) is 72.8 Å². The number of nitrogens with zero attached hydrogens (tertiary/aromatic N) is 3. The number of benzene rings is 3. The highest BCUT2D eigenvalue weighted by Gasteiger charge is 2.36. The minimum atomic E-state index is -0.860. The molecule has 0 N–H and O–H groups in total. The van der Waals surface area contributed by atoms with Gasteiger partial charge in [-0.2, -0.15) is 5.10 Å². The van der Waals surface area contributed by atoms with Gasteiger partial charge in [-0.15, -0.1) is 0 Å². The molecule has 1 aliphatic carbocycles. The molecule has 0 spiro atoms. The molecule has 8 heteroatoms. The second kappa shape index (κ2) is 9.89. The lowest BCUT2D eigenvalue weighted by Gasteiger charge is -2.23. The molecule has 0 radical (unpaired) electrons. The number of carbonyl (C=O) groups excluding carboxylic acids is 1. The van der Waals surface area contributed by atoms with Crippen LogP contribution in [0.5, 0.6) is 11.6 Å². The monoisotopic (exact) mass is 491 g/mol. The van der Waals surface area contributed by atoms with E-state index in [1.165, 1.54) is 24.3 Å². The fourth-order valence-corrected chi connectivity index (χ4v) is 4.14. The van der Waals surface area contributed by atoms with Gasteiger partial charge in [0.25, 0.3) is 5.91 Å². The first kappa shape index (κ1) is 23.7. The number of halogens is 3. The summed E-state index contributed by atoms with van der Waals surface area (Å²) in [5, 5.41) is 4.71. The zero-order valence-electron chi connectivity index (χ0n) is 19.6. The fourth-order valence-electron chi connectivity index (χ4n) is 4.14. The third-order valence-corrected chi connectivity index (χ3v) is 6.14. The summed E-state index contributed by atoms with van der Waals surface area (Å²) in [6, 6.07) is 18.1. The van der Waals surface area contributed by atoms with Crippen molar-refractivity contribution in [3.05, 3.63) is 107 Å². The number of aromatic nitrogens is 2. The van der Waals surface area contributed by atoms with Gasteiger partial charge in [-0.3, -0.25) is 4.79 Å². The van der Waals surface area contributed by atoms with Crippen LogP contribution in [0.2, 0.25) is 0 Å². The summed E-state index contributed by atoms with van der Waals surface area (Å²) >= 11 is 0. The Balaban J connectivity index is 1.60. The fraction of sp³-hybridized carbons (Fsp3) is 0.214. The van der Waals surface area contributed by atoms with Crippen molar-refractivity contribution in [2.75, 3.05) is 0 Å². The molecule has 0 atom stereocenters. The highest BCUT2D eigenvalue weighted by Crippen LogP contribution is 2.37. The SMILES string of the molecule is CCc1nn(-c2ccccc2)c(Oc2ccc(F)cc2F)c1CN(C(=O)c1ccccc1F)C1CC1. The van der Waals surface area contributed by atoms with E-state index in [4.69, 9.17) is 9.84 Å². The number of aryl methyl sites for hydroxylation is 1. The van der Waals surface area contributed by atoms with Gasteiger partial charge in [0.2, 0.25) is 5.88 Å². The Morgan fingerprint density at radius 3 is 2.39 bits per heavy atom. The Hall–Kier alpha value is -4.07. The zero-order chi connectivity index (χ0) is 25.2. The topological polar surface area (TPSA) is 47.4 Å². The van der Waals surface area contributed by atoms with Crippen LogP contribution >= 0.6 is 0 Å². The molecule has 36 heavy (non-hydrogen) atoms. The third-order valence-electron chi connectivity index (χ3n) is 6.14. The molecule has 3 aromatic carbocycles. The van der Waals surface area contributed by atoms with Crippen molar-refractivity contribution in [2.45, 2.75) is 38.8 Å². The van der Waals surface area contributed by atoms with E-state index in [0.29, 0.717) is 23.4 Å². The molecule has 1 fully saturated rings. The summed E-state index contributed by atoms with van der Waals surface area (Å²) in [6.45, 7) is 2.02. The second-order valence-electron chi connectivity index (χ2n) is 8.65. The summed E-state index contributed by atoms with van der Waals surface area (Å²) < 4.78 is 50.2. The van der Waals surface area contributed by atoms with Crippen LogP contribution in [0.25, 0.3) is 5.69 Å². The normalized spacial score (nSPS) is 13.0. The van der Waals surface area contributed by atoms with Gasteiger partial charge >= 0.3 is 0 Å². The molecule has 1 aliphatic rings. The van der Waals surface area contributed by atoms with Crippen LogP contribution < -0.4 is 4.74 Å². The van der Waals surface area contributed by atoms with E-state index in [9.17, 15) is 18.0 Å². The summed E-state index contributed by atoms with van der Waals surface area (Å²) in [7, 11) is 0. The average molecular weight is 492 g/mol. The van der Waals surface area contributed by atoms with Gasteiger partial charge in [0.1, 0.15) is 11.6 Å². The van der Waals surface area contributed by atoms with Gasteiger partial charge in [0.15, 0.2) is 11.6 Å². The van der Waals surface area contributed by atoms with E-state index in [1.807, 2.05) is 37.3 Å². The summed E-state index contributed by atoms with van der Waals surface area (Å²) in [4.78, 5) is 15.0. The smallest absolute Gasteiger partial charge is 0.257 e. The number of amides is 1. The van der Waals surface area contributed by atoms with Crippen molar-refractivity contribution in [1.29, 1.82) is 0 Å². The van der Waals surface area contributed by atoms with Crippen LogP contribution in [0.4, 0.5) is 13.2 Å². The van der Waals surface area contributed by atoms with Gasteiger partial charge in [0, 0.05) is 12.1 Å². The van der Waals surface area contributed by atoms with Crippen LogP contribution in [0.1, 0.15) is 41.4 Å². The van der Waals surface area contributed by atoms with E-state index >= 15 is 0 Å². The summed E-state index contributed by atoms with van der Waals surface area (Å²) in [5.41, 5.74) is 1.91. The predicted molar refractivity (Wildman–Crippen MR) is 129 cm³/mol. The van der Waals surface area contributed by atoms with E-state index < -0.39 is 23.4 Å². The highest BCUT2D eigenvalue weighted by molar-refractivity contribution is 5.95. The molecule has 0 aliphatic heterocycles. The first-order chi connectivity index (χ1) is 17.5. The standard InChI is InChI=1S/C28H24F3N3O2/c1-2-25-22(17-33(19-13-14-19)27(35)21-10-6-7-11-23(21)30)28(34(32-25)20-8-4-3-5-9-20)36-26-15-12-18(29)16-24(26)31/h3-12,15-16,19H,2,13-14,17H2,1H3. The quantitative estimate of drug-likeness (QED) is 0.285. The maximum Gasteiger partial charge on any atom is 0.257 e. The number of rotatable bonds is 8. The van der Waals surface area contributed by atoms with E-state index in [2.05, 4.69) is 0 Å². The van der Waals surface area contributed by atoms with Crippen LogP contribution in [0, 0.1) is 17.5 Å². The first-order valence-corrected chi connectivity index (χ1v) is 11.8. The lowest BCUT2D eigenvalue weighted by atomic mass is 10.1. The van der Waals surface area contributed by atoms with Crippen molar-refractivity contribution < 1.29 is 22.7 Å². The van der Waals surface area contributed by atoms with Crippen molar-refractivity contribution in [2.24, 2.45) is 0 Å². The number of hydrogen-bond donors (Lipinski definition) is 0. The highest BCUT2D eigenvalue weighted by atomic mass is 19.1. The second-order valence-corrected chi connectivity index (χ2v) is 8.65. The van der Waals surface area contributed by atoms with Crippen molar-refractivity contribution in [1.82, 2.24) is 14.7 Å². The molecular weight excluding hydrogens is 467 g/mol. The Morgan fingerprint density at radius 1 is 1.00 bits per heavy atom. The van der Waals surface area contributed by atoms with Crippen LogP contribution in [-0.2, 0) is 13.0 Å². The summed E-state index contributed by atoms with van der Waals surface area (Å²) in [6.07, 6.45) is 2.12. The lowest BCUT2D eigenvalue weighted by Crippen LogP contribution is -2.33. The van der Waals surface area contributed by atoms with Crippen molar-refractivity contribution >= 4 is 5.91 Å². The first-order valence-electron chi connectivity index (χ1n) is 11.8. The van der Waals surface area contributed by atoms with Gasteiger partial charge in [0.05, 0.1) is 29.1 Å². The van der Waals surface area contributed by atoms with E-state index in [1.54, 1.807) is 15.6 Å². The van der Waals surface area contributed by atoms with Gasteiger partial charge in [-0.05, 0) is 55.7 Å². The molecule has 1 saturated carbocycles. The lowest BCUT2D eigenvalue weighted by molar-refractivity contribution is 0.0724. The van der Waals surface area contributed by atoms with E-state index in [-0.39, 0.29) is 29.8 Å². The van der Waals surface area contributed by atoms with Crippen molar-refractivity contribution in [3.63, 3.8) is 0 Å². The molecule has 5 rings (SSSR count). The largest absolute Gasteiger partial charge is 0.435 e. The maximum absolute atomic E-state index is 14.6. The molecule has 5 nitrogen and oxygen atoms in total. The predicted octanol–water partition coefficient (Wildman–Crippen LogP) is 6.45. The Kier molecular flexibility index (Phi) is 6.50. The molecule has 0 saturated heterocycles. The minimum absolute atomic E-state index is 0.00931. The molecular formula is C28H24F3N3O2. The molecule has 1 aromatic heterocycles. The number of ether oxygens (including phenoxy) is 1. The maximum atomic E-state index is 14.6. The van der Waals surface area contributed by atoms with Gasteiger partial charge < -0.3 is 9.64 Å². The minimum Gasteiger partial charge on any atom is -0.435 e. The molecule has 1 heterocycles. The molecule has 0 bridgehead atoms. The van der Waals surface area contributed by atoms with Crippen LogP contribution in [-0.4, -0.2) is 26.6 Å². The number of carbonyl (C=O) groups is 1. The average Bonchev–Trinajstić information content (AvgIpc) is 3.67. The molecule has 0 unspecified atom stereocenters. The Morgan fingerprint density at radius 2 is 1.72 bits per heavy atom. The van der Waals surface area contributed by atoms with E-state index in [0.717, 1.165) is 25.0 Å². The third kappa shape index (κ3) is 4.71. The Labute approximate surface area is 206 Å².